The maximum Gasteiger partial charge on any atom is 0.123 e. The van der Waals surface area contributed by atoms with Crippen LogP contribution >= 0.6 is 0 Å². The first kappa shape index (κ1) is 12.5. The van der Waals surface area contributed by atoms with Crippen LogP contribution in [0.3, 0.4) is 0 Å². The minimum atomic E-state index is -0.218. The van der Waals surface area contributed by atoms with E-state index in [1.165, 1.54) is 17.7 Å². The van der Waals surface area contributed by atoms with Crippen molar-refractivity contribution in [2.45, 2.75) is 12.6 Å². The monoisotopic (exact) mass is 241 g/mol. The van der Waals surface area contributed by atoms with Crippen molar-refractivity contribution in [3.8, 4) is 0 Å². The number of rotatable bonds is 5. The molecule has 0 aromatic heterocycles. The molecule has 2 aromatic rings. The van der Waals surface area contributed by atoms with Gasteiger partial charge in [0.15, 0.2) is 0 Å². The lowest BCUT2D eigenvalue weighted by molar-refractivity contribution is 0.609. The van der Waals surface area contributed by atoms with Crippen LogP contribution in [-0.4, -0.2) is 0 Å². The summed E-state index contributed by atoms with van der Waals surface area (Å²) in [5.74, 6) is -0.218. The molecule has 0 spiro atoms. The highest BCUT2D eigenvalue weighted by molar-refractivity contribution is 5.24. The Morgan fingerprint density at radius 1 is 1.06 bits per heavy atom. The standard InChI is InChI=1S/C16H16FN/c1-2-16(14-8-10-15(17)11-9-14)18-12-13-6-4-3-5-7-13/h2-11,16,18H,1,12H2/t16-/m0/s1. The molecule has 1 nitrogen and oxygen atoms in total. The van der Waals surface area contributed by atoms with Gasteiger partial charge in [0.25, 0.3) is 0 Å². The van der Waals surface area contributed by atoms with Gasteiger partial charge in [0, 0.05) is 6.54 Å². The molecule has 0 fully saturated rings. The number of hydrogen-bond acceptors (Lipinski definition) is 1. The predicted octanol–water partition coefficient (Wildman–Crippen LogP) is 3.84. The summed E-state index contributed by atoms with van der Waals surface area (Å²) in [5, 5.41) is 3.38. The molecule has 1 atom stereocenters. The number of halogens is 1. The van der Waals surface area contributed by atoms with Crippen molar-refractivity contribution >= 4 is 0 Å². The molecule has 18 heavy (non-hydrogen) atoms. The zero-order valence-electron chi connectivity index (χ0n) is 10.1. The lowest BCUT2D eigenvalue weighted by atomic mass is 10.1. The maximum atomic E-state index is 12.9. The van der Waals surface area contributed by atoms with Gasteiger partial charge < -0.3 is 5.32 Å². The second-order valence-corrected chi connectivity index (χ2v) is 4.13. The molecule has 0 aliphatic carbocycles. The first-order valence-corrected chi connectivity index (χ1v) is 5.95. The zero-order valence-corrected chi connectivity index (χ0v) is 10.1. The molecule has 0 saturated carbocycles. The Bertz CT molecular complexity index is 490. The summed E-state index contributed by atoms with van der Waals surface area (Å²) in [6.07, 6.45) is 1.83. The van der Waals surface area contributed by atoms with E-state index in [-0.39, 0.29) is 11.9 Å². The molecule has 0 saturated heterocycles. The molecule has 2 aromatic carbocycles. The molecule has 2 rings (SSSR count). The summed E-state index contributed by atoms with van der Waals surface area (Å²) in [6, 6.07) is 16.7. The zero-order chi connectivity index (χ0) is 12.8. The summed E-state index contributed by atoms with van der Waals surface area (Å²) >= 11 is 0. The van der Waals surface area contributed by atoms with Crippen LogP contribution in [0.15, 0.2) is 67.3 Å². The largest absolute Gasteiger partial charge is 0.303 e. The van der Waals surface area contributed by atoms with Gasteiger partial charge in [-0.25, -0.2) is 4.39 Å². The highest BCUT2D eigenvalue weighted by Crippen LogP contribution is 2.15. The molecule has 0 bridgehead atoms. The van der Waals surface area contributed by atoms with Gasteiger partial charge in [-0.1, -0.05) is 48.5 Å². The Labute approximate surface area is 107 Å². The summed E-state index contributed by atoms with van der Waals surface area (Å²) in [7, 11) is 0. The van der Waals surface area contributed by atoms with E-state index in [9.17, 15) is 4.39 Å². The van der Waals surface area contributed by atoms with Gasteiger partial charge in [-0.15, -0.1) is 6.58 Å². The number of benzene rings is 2. The van der Waals surface area contributed by atoms with Crippen LogP contribution in [0.5, 0.6) is 0 Å². The topological polar surface area (TPSA) is 12.0 Å². The Kier molecular flexibility index (Phi) is 4.26. The summed E-state index contributed by atoms with van der Waals surface area (Å²) in [5.41, 5.74) is 2.23. The number of hydrogen-bond donors (Lipinski definition) is 1. The third-order valence-electron chi connectivity index (χ3n) is 2.83. The molecule has 0 heterocycles. The van der Waals surface area contributed by atoms with Crippen molar-refractivity contribution < 1.29 is 4.39 Å². The van der Waals surface area contributed by atoms with Crippen molar-refractivity contribution in [3.05, 3.63) is 84.2 Å². The lowest BCUT2D eigenvalue weighted by Crippen LogP contribution is -2.18. The Balaban J connectivity index is 2.02. The summed E-state index contributed by atoms with van der Waals surface area (Å²) < 4.78 is 12.9. The second-order valence-electron chi connectivity index (χ2n) is 4.13. The molecule has 0 aliphatic heterocycles. The SMILES string of the molecule is C=C[C@H](NCc1ccccc1)c1ccc(F)cc1. The predicted molar refractivity (Wildman–Crippen MR) is 72.6 cm³/mol. The van der Waals surface area contributed by atoms with E-state index >= 15 is 0 Å². The highest BCUT2D eigenvalue weighted by Gasteiger charge is 2.06. The second kappa shape index (κ2) is 6.12. The Morgan fingerprint density at radius 3 is 2.33 bits per heavy atom. The van der Waals surface area contributed by atoms with Gasteiger partial charge in [-0.2, -0.15) is 0 Å². The van der Waals surface area contributed by atoms with Crippen LogP contribution in [0.2, 0.25) is 0 Å². The third-order valence-corrected chi connectivity index (χ3v) is 2.83. The van der Waals surface area contributed by atoms with Gasteiger partial charge in [0.2, 0.25) is 0 Å². The van der Waals surface area contributed by atoms with Gasteiger partial charge in [0.1, 0.15) is 5.82 Å². The molecule has 0 unspecified atom stereocenters. The van der Waals surface area contributed by atoms with E-state index < -0.39 is 0 Å². The number of nitrogens with one attached hydrogen (secondary N) is 1. The normalized spacial score (nSPS) is 12.1. The molecule has 1 N–H and O–H groups in total. The van der Waals surface area contributed by atoms with Gasteiger partial charge >= 0.3 is 0 Å². The lowest BCUT2D eigenvalue weighted by Gasteiger charge is -2.15. The molecular weight excluding hydrogens is 225 g/mol. The van der Waals surface area contributed by atoms with E-state index in [2.05, 4.69) is 24.0 Å². The highest BCUT2D eigenvalue weighted by atomic mass is 19.1. The first-order chi connectivity index (χ1) is 8.79. The van der Waals surface area contributed by atoms with E-state index in [1.807, 2.05) is 24.3 Å². The van der Waals surface area contributed by atoms with Crippen LogP contribution in [0.1, 0.15) is 17.2 Å². The fraction of sp³-hybridized carbons (Fsp3) is 0.125. The van der Waals surface area contributed by atoms with Crippen LogP contribution in [0.25, 0.3) is 0 Å². The minimum Gasteiger partial charge on any atom is -0.303 e. The maximum absolute atomic E-state index is 12.9. The molecule has 92 valence electrons. The minimum absolute atomic E-state index is 0.0332. The molecular formula is C16H16FN. The van der Waals surface area contributed by atoms with Gasteiger partial charge in [-0.05, 0) is 23.3 Å². The first-order valence-electron chi connectivity index (χ1n) is 5.95. The summed E-state index contributed by atoms with van der Waals surface area (Å²) in [6.45, 7) is 4.57. The molecule has 2 heteroatoms. The van der Waals surface area contributed by atoms with Crippen LogP contribution in [0.4, 0.5) is 4.39 Å². The van der Waals surface area contributed by atoms with Crippen molar-refractivity contribution in [3.63, 3.8) is 0 Å². The Morgan fingerprint density at radius 2 is 1.72 bits per heavy atom. The fourth-order valence-corrected chi connectivity index (χ4v) is 1.83. The van der Waals surface area contributed by atoms with Crippen molar-refractivity contribution in [1.29, 1.82) is 0 Å². The fourth-order valence-electron chi connectivity index (χ4n) is 1.83. The van der Waals surface area contributed by atoms with E-state index in [0.29, 0.717) is 0 Å². The van der Waals surface area contributed by atoms with Crippen LogP contribution < -0.4 is 5.32 Å². The van der Waals surface area contributed by atoms with Crippen LogP contribution in [0, 0.1) is 5.82 Å². The molecule has 0 aliphatic rings. The van der Waals surface area contributed by atoms with Crippen molar-refractivity contribution in [2.24, 2.45) is 0 Å². The van der Waals surface area contributed by atoms with Crippen molar-refractivity contribution in [2.75, 3.05) is 0 Å². The van der Waals surface area contributed by atoms with E-state index in [1.54, 1.807) is 12.1 Å². The van der Waals surface area contributed by atoms with Gasteiger partial charge in [0.05, 0.1) is 6.04 Å². The molecule has 0 radical (unpaired) electrons. The van der Waals surface area contributed by atoms with Crippen LogP contribution in [-0.2, 0) is 6.54 Å². The van der Waals surface area contributed by atoms with E-state index in [0.717, 1.165) is 12.1 Å². The van der Waals surface area contributed by atoms with Crippen molar-refractivity contribution in [1.82, 2.24) is 5.32 Å². The molecule has 0 amide bonds. The summed E-state index contributed by atoms with van der Waals surface area (Å²) in [4.78, 5) is 0. The quantitative estimate of drug-likeness (QED) is 0.784. The smallest absolute Gasteiger partial charge is 0.123 e. The third kappa shape index (κ3) is 3.28. The average molecular weight is 241 g/mol. The Hall–Kier alpha value is -1.93. The van der Waals surface area contributed by atoms with E-state index in [4.69, 9.17) is 0 Å². The van der Waals surface area contributed by atoms with Gasteiger partial charge in [-0.3, -0.25) is 0 Å². The average Bonchev–Trinajstić information content (AvgIpc) is 2.42.